The van der Waals surface area contributed by atoms with Crippen molar-refractivity contribution in [2.45, 2.75) is 11.0 Å². The smallest absolute Gasteiger partial charge is 0.262 e. The number of hydrogen-bond acceptors (Lipinski definition) is 5. The van der Waals surface area contributed by atoms with Gasteiger partial charge in [0, 0.05) is 32.3 Å². The molecule has 0 heterocycles. The number of aliphatic hydroxyl groups excluding tert-OH is 1. The summed E-state index contributed by atoms with van der Waals surface area (Å²) in [5.41, 5.74) is 0.536. The Labute approximate surface area is 195 Å². The molecule has 1 unspecified atom stereocenters. The predicted molar refractivity (Wildman–Crippen MR) is 122 cm³/mol. The molecule has 0 fully saturated rings. The molecule has 6 nitrogen and oxygen atoms in total. The fraction of sp³-hybridized carbons (Fsp3) is 0.143. The molecule has 0 saturated carbocycles. The first-order valence-electron chi connectivity index (χ1n) is 8.84. The number of ether oxygens (including phenoxy) is 2. The molecule has 0 amide bonds. The molecule has 0 aromatic heterocycles. The number of benzene rings is 3. The minimum Gasteiger partial charge on any atom is -0.493 e. The molecule has 0 aliphatic heterocycles. The highest BCUT2D eigenvalue weighted by Crippen LogP contribution is 2.38. The van der Waals surface area contributed by atoms with Gasteiger partial charge in [0.1, 0.15) is 6.10 Å². The van der Waals surface area contributed by atoms with Crippen molar-refractivity contribution < 1.29 is 23.0 Å². The maximum atomic E-state index is 13.0. The Kier molecular flexibility index (Phi) is 7.24. The van der Waals surface area contributed by atoms with E-state index in [0.717, 1.165) is 0 Å². The molecule has 0 aliphatic carbocycles. The zero-order valence-corrected chi connectivity index (χ0v) is 19.5. The van der Waals surface area contributed by atoms with Crippen molar-refractivity contribution in [2.24, 2.45) is 0 Å². The van der Waals surface area contributed by atoms with Crippen LogP contribution in [-0.4, -0.2) is 27.7 Å². The molecule has 0 radical (unpaired) electrons. The number of hydrogen-bond donors (Lipinski definition) is 2. The molecule has 164 valence electrons. The molecule has 0 aliphatic rings. The topological polar surface area (TPSA) is 84.9 Å². The second-order valence-electron chi connectivity index (χ2n) is 6.39. The van der Waals surface area contributed by atoms with Gasteiger partial charge in [0.25, 0.3) is 10.0 Å². The summed E-state index contributed by atoms with van der Waals surface area (Å²) in [6.07, 6.45) is -1.33. The van der Waals surface area contributed by atoms with E-state index in [1.54, 1.807) is 18.2 Å². The summed E-state index contributed by atoms with van der Waals surface area (Å²) in [4.78, 5) is -0.0590. The van der Waals surface area contributed by atoms with E-state index in [2.05, 4.69) is 4.72 Å². The molecule has 0 saturated heterocycles. The third-order valence-corrected chi connectivity index (χ3v) is 6.75. The van der Waals surface area contributed by atoms with Crippen LogP contribution in [0.25, 0.3) is 0 Å². The van der Waals surface area contributed by atoms with Gasteiger partial charge >= 0.3 is 0 Å². The Morgan fingerprint density at radius 3 is 2.16 bits per heavy atom. The van der Waals surface area contributed by atoms with E-state index in [0.29, 0.717) is 10.8 Å². The Balaban J connectivity index is 2.05. The Morgan fingerprint density at radius 1 is 0.903 bits per heavy atom. The Hall–Kier alpha value is -2.16. The van der Waals surface area contributed by atoms with E-state index in [1.165, 1.54) is 50.6 Å². The first kappa shape index (κ1) is 23.5. The lowest BCUT2D eigenvalue weighted by Gasteiger charge is -2.20. The quantitative estimate of drug-likeness (QED) is 0.443. The summed E-state index contributed by atoms with van der Waals surface area (Å²) in [7, 11) is -1.19. The van der Waals surface area contributed by atoms with Gasteiger partial charge in [-0.15, -0.1) is 0 Å². The van der Waals surface area contributed by atoms with Crippen LogP contribution in [0.4, 0.5) is 5.69 Å². The van der Waals surface area contributed by atoms with Crippen LogP contribution in [-0.2, 0) is 10.0 Å². The molecule has 2 N–H and O–H groups in total. The van der Waals surface area contributed by atoms with Crippen LogP contribution in [0, 0.1) is 0 Å². The van der Waals surface area contributed by atoms with Gasteiger partial charge < -0.3 is 14.6 Å². The van der Waals surface area contributed by atoms with Crippen molar-refractivity contribution in [3.63, 3.8) is 0 Å². The van der Waals surface area contributed by atoms with Crippen LogP contribution >= 0.6 is 34.8 Å². The molecule has 10 heteroatoms. The van der Waals surface area contributed by atoms with E-state index >= 15 is 0 Å². The maximum Gasteiger partial charge on any atom is 0.262 e. The highest BCUT2D eigenvalue weighted by Gasteiger charge is 2.24. The summed E-state index contributed by atoms with van der Waals surface area (Å²) in [6, 6.07) is 13.4. The van der Waals surface area contributed by atoms with Crippen LogP contribution in [0.3, 0.4) is 0 Å². The van der Waals surface area contributed by atoms with Crippen LogP contribution in [0.2, 0.25) is 15.1 Å². The number of sulfonamides is 1. The minimum absolute atomic E-state index is 0.0590. The molecular weight excluding hydrogens is 485 g/mol. The van der Waals surface area contributed by atoms with Gasteiger partial charge in [-0.3, -0.25) is 4.72 Å². The van der Waals surface area contributed by atoms with Gasteiger partial charge in [-0.1, -0.05) is 40.9 Å². The van der Waals surface area contributed by atoms with Gasteiger partial charge in [-0.05, 0) is 42.5 Å². The molecular formula is C21H18Cl3NO5S. The summed E-state index contributed by atoms with van der Waals surface area (Å²) in [5, 5.41) is 11.7. The van der Waals surface area contributed by atoms with Crippen molar-refractivity contribution >= 4 is 50.5 Å². The largest absolute Gasteiger partial charge is 0.493 e. The van der Waals surface area contributed by atoms with Crippen molar-refractivity contribution in [1.29, 1.82) is 0 Å². The number of methoxy groups -OCH3 is 2. The summed E-state index contributed by atoms with van der Waals surface area (Å²) >= 11 is 18.5. The van der Waals surface area contributed by atoms with Crippen LogP contribution in [0.5, 0.6) is 11.5 Å². The van der Waals surface area contributed by atoms with Crippen LogP contribution in [0.15, 0.2) is 59.5 Å². The summed E-state index contributed by atoms with van der Waals surface area (Å²) in [6.45, 7) is 0. The Bertz CT molecular complexity index is 1200. The number of anilines is 1. The fourth-order valence-corrected chi connectivity index (χ4v) is 4.85. The van der Waals surface area contributed by atoms with Crippen LogP contribution < -0.4 is 14.2 Å². The zero-order chi connectivity index (χ0) is 22.8. The lowest BCUT2D eigenvalue weighted by molar-refractivity contribution is 0.221. The van der Waals surface area contributed by atoms with Gasteiger partial charge in [0.15, 0.2) is 11.5 Å². The highest BCUT2D eigenvalue weighted by molar-refractivity contribution is 7.92. The summed E-state index contributed by atoms with van der Waals surface area (Å²) in [5.74, 6) is 0.641. The first-order chi connectivity index (χ1) is 14.7. The van der Waals surface area contributed by atoms with E-state index in [4.69, 9.17) is 44.3 Å². The molecule has 3 aromatic carbocycles. The highest BCUT2D eigenvalue weighted by atomic mass is 35.5. The average molecular weight is 503 g/mol. The monoisotopic (exact) mass is 501 g/mol. The second-order valence-corrected chi connectivity index (χ2v) is 9.32. The molecule has 0 bridgehead atoms. The fourth-order valence-electron chi connectivity index (χ4n) is 2.97. The van der Waals surface area contributed by atoms with Crippen molar-refractivity contribution in [2.75, 3.05) is 18.9 Å². The molecule has 3 aromatic rings. The lowest BCUT2D eigenvalue weighted by Crippen LogP contribution is -2.16. The van der Waals surface area contributed by atoms with Crippen molar-refractivity contribution in [3.8, 4) is 11.5 Å². The number of aliphatic hydroxyl groups is 1. The number of rotatable bonds is 7. The number of nitrogens with one attached hydrogen (secondary N) is 1. The number of halogens is 3. The third-order valence-electron chi connectivity index (χ3n) is 4.49. The van der Waals surface area contributed by atoms with Gasteiger partial charge in [0.05, 0.1) is 24.8 Å². The maximum absolute atomic E-state index is 13.0. The van der Waals surface area contributed by atoms with Crippen LogP contribution in [0.1, 0.15) is 17.2 Å². The van der Waals surface area contributed by atoms with E-state index < -0.39 is 16.1 Å². The Morgan fingerprint density at radius 2 is 1.55 bits per heavy atom. The van der Waals surface area contributed by atoms with Gasteiger partial charge in [0.2, 0.25) is 0 Å². The van der Waals surface area contributed by atoms with E-state index in [-0.39, 0.29) is 37.5 Å². The normalized spacial score (nSPS) is 12.3. The predicted octanol–water partition coefficient (Wildman–Crippen LogP) is 5.55. The lowest BCUT2D eigenvalue weighted by atomic mass is 10.00. The molecule has 3 rings (SSSR count). The van der Waals surface area contributed by atoms with Crippen molar-refractivity contribution in [1.82, 2.24) is 0 Å². The SMILES string of the molecule is COc1ccc(S(=O)(=O)Nc2ccc(Cl)cc2C(O)c2c(Cl)cccc2Cl)cc1OC. The zero-order valence-electron chi connectivity index (χ0n) is 16.4. The van der Waals surface area contributed by atoms with Gasteiger partial charge in [-0.25, -0.2) is 8.42 Å². The van der Waals surface area contributed by atoms with E-state index in [9.17, 15) is 13.5 Å². The van der Waals surface area contributed by atoms with Crippen molar-refractivity contribution in [3.05, 3.63) is 80.8 Å². The average Bonchev–Trinajstić information content (AvgIpc) is 2.74. The minimum atomic E-state index is -4.05. The standard InChI is InChI=1S/C21H18Cl3NO5S/c1-29-18-9-7-13(11-19(18)30-2)31(27,28)25-17-8-6-12(22)10-14(17)21(26)20-15(23)4-3-5-16(20)24/h3-11,21,25-26H,1-2H3. The molecule has 0 spiro atoms. The van der Waals surface area contributed by atoms with Gasteiger partial charge in [-0.2, -0.15) is 0 Å². The first-order valence-corrected chi connectivity index (χ1v) is 11.5. The third kappa shape index (κ3) is 5.02. The molecule has 31 heavy (non-hydrogen) atoms. The second kappa shape index (κ2) is 9.54. The molecule has 1 atom stereocenters. The summed E-state index contributed by atoms with van der Waals surface area (Å²) < 4.78 is 38.9. The van der Waals surface area contributed by atoms with E-state index in [1.807, 2.05) is 0 Å².